The Morgan fingerprint density at radius 3 is 2.23 bits per heavy atom. The maximum absolute atomic E-state index is 12.5. The lowest BCUT2D eigenvalue weighted by Crippen LogP contribution is -2.58. The molecule has 26 heavy (non-hydrogen) atoms. The quantitative estimate of drug-likeness (QED) is 0.824. The Labute approximate surface area is 156 Å². The number of hydrogen-bond donors (Lipinski definition) is 1. The number of ether oxygens (including phenoxy) is 2. The molecular formula is C21H33NO4. The summed E-state index contributed by atoms with van der Waals surface area (Å²) in [7, 11) is 0. The van der Waals surface area contributed by atoms with E-state index in [2.05, 4.69) is 0 Å². The van der Waals surface area contributed by atoms with Crippen LogP contribution in [0.4, 0.5) is 4.79 Å². The van der Waals surface area contributed by atoms with Gasteiger partial charge in [-0.05, 0) is 88.9 Å². The average molecular weight is 363 g/mol. The van der Waals surface area contributed by atoms with Gasteiger partial charge in [0.25, 0.3) is 0 Å². The Hall–Kier alpha value is -0.810. The van der Waals surface area contributed by atoms with E-state index in [1.165, 1.54) is 43.4 Å². The molecule has 1 amide bonds. The molecule has 1 saturated heterocycles. The Morgan fingerprint density at radius 2 is 1.65 bits per heavy atom. The summed E-state index contributed by atoms with van der Waals surface area (Å²) in [6.45, 7) is 2.69. The topological polar surface area (TPSA) is 59.0 Å². The third-order valence-corrected chi connectivity index (χ3v) is 8.26. The Morgan fingerprint density at radius 1 is 1.08 bits per heavy atom. The molecule has 1 aliphatic heterocycles. The van der Waals surface area contributed by atoms with E-state index in [9.17, 15) is 9.90 Å². The van der Waals surface area contributed by atoms with E-state index in [0.29, 0.717) is 13.2 Å². The van der Waals surface area contributed by atoms with Crippen molar-refractivity contribution in [2.24, 2.45) is 17.8 Å². The summed E-state index contributed by atoms with van der Waals surface area (Å²) < 4.78 is 12.2. The maximum atomic E-state index is 12.5. The third-order valence-electron chi connectivity index (χ3n) is 8.26. The van der Waals surface area contributed by atoms with Gasteiger partial charge in [-0.25, -0.2) is 4.79 Å². The highest BCUT2D eigenvalue weighted by Crippen LogP contribution is 2.57. The lowest BCUT2D eigenvalue weighted by molar-refractivity contribution is -0.180. The molecule has 146 valence electrons. The minimum absolute atomic E-state index is 0.0484. The van der Waals surface area contributed by atoms with Crippen LogP contribution in [-0.4, -0.2) is 46.2 Å². The van der Waals surface area contributed by atoms with Crippen LogP contribution in [0.2, 0.25) is 0 Å². The minimum Gasteiger partial charge on any atom is -0.438 e. The van der Waals surface area contributed by atoms with Crippen molar-refractivity contribution in [3.05, 3.63) is 0 Å². The first-order chi connectivity index (χ1) is 12.4. The number of carbonyl (C=O) groups is 1. The molecule has 4 bridgehead atoms. The largest absolute Gasteiger partial charge is 0.438 e. The Kier molecular flexibility index (Phi) is 3.89. The maximum Gasteiger partial charge on any atom is 0.412 e. The highest BCUT2D eigenvalue weighted by atomic mass is 16.6. The molecule has 6 aliphatic rings. The summed E-state index contributed by atoms with van der Waals surface area (Å²) >= 11 is 0. The smallest absolute Gasteiger partial charge is 0.412 e. The molecule has 5 heteroatoms. The predicted molar refractivity (Wildman–Crippen MR) is 96.5 cm³/mol. The van der Waals surface area contributed by atoms with Crippen molar-refractivity contribution < 1.29 is 19.4 Å². The van der Waals surface area contributed by atoms with Gasteiger partial charge in [0.1, 0.15) is 0 Å². The van der Waals surface area contributed by atoms with Crippen molar-refractivity contribution in [2.75, 3.05) is 13.2 Å². The van der Waals surface area contributed by atoms with E-state index < -0.39 is 11.3 Å². The molecule has 1 spiro atoms. The summed E-state index contributed by atoms with van der Waals surface area (Å²) in [5.74, 6) is 2.56. The van der Waals surface area contributed by atoms with Crippen LogP contribution >= 0.6 is 0 Å². The summed E-state index contributed by atoms with van der Waals surface area (Å²) in [6, 6.07) is 0. The zero-order valence-corrected chi connectivity index (χ0v) is 16.0. The van der Waals surface area contributed by atoms with Gasteiger partial charge in [0.15, 0.2) is 11.3 Å². The molecule has 0 radical (unpaired) electrons. The number of amides is 1. The fraction of sp³-hybridized carbons (Fsp3) is 0.952. The molecule has 5 aliphatic carbocycles. The van der Waals surface area contributed by atoms with Gasteiger partial charge in [-0.2, -0.15) is 0 Å². The average Bonchev–Trinajstić information content (AvgIpc) is 2.74. The molecule has 5 saturated carbocycles. The van der Waals surface area contributed by atoms with Crippen LogP contribution in [0.3, 0.4) is 0 Å². The summed E-state index contributed by atoms with van der Waals surface area (Å²) in [4.78, 5) is 14.0. The third kappa shape index (κ3) is 2.53. The van der Waals surface area contributed by atoms with Gasteiger partial charge in [-0.1, -0.05) is 6.42 Å². The Balaban J connectivity index is 1.24. The second-order valence-corrected chi connectivity index (χ2v) is 10.0. The van der Waals surface area contributed by atoms with Crippen LogP contribution in [-0.2, 0) is 9.47 Å². The monoisotopic (exact) mass is 363 g/mol. The van der Waals surface area contributed by atoms with E-state index in [0.717, 1.165) is 49.9 Å². The number of rotatable bonds is 4. The molecule has 1 heterocycles. The van der Waals surface area contributed by atoms with Crippen molar-refractivity contribution in [3.63, 3.8) is 0 Å². The normalized spacial score (nSPS) is 46.2. The number of carbonyl (C=O) groups excluding carboxylic acids is 1. The zero-order chi connectivity index (χ0) is 18.0. The molecule has 0 aromatic rings. The lowest BCUT2D eigenvalue weighted by Gasteiger charge is -2.56. The van der Waals surface area contributed by atoms with E-state index in [-0.39, 0.29) is 11.7 Å². The first-order valence-corrected chi connectivity index (χ1v) is 10.8. The molecule has 0 aromatic heterocycles. The molecule has 5 nitrogen and oxygen atoms in total. The molecule has 1 atom stereocenters. The van der Waals surface area contributed by atoms with Crippen LogP contribution in [0, 0.1) is 17.8 Å². The van der Waals surface area contributed by atoms with Gasteiger partial charge < -0.3 is 14.6 Å². The Bertz CT molecular complexity index is 545. The van der Waals surface area contributed by atoms with Crippen molar-refractivity contribution >= 4 is 6.09 Å². The standard InChI is InChI=1S/C21H33NO4/c1-19(24)21(5-3-2-4-6-21)26-18(23)22(19)7-8-25-20-12-15-9-16(13-20)11-17(10-15)14-20/h15-17,24H,2-14H2,1H3. The number of hydrogen-bond acceptors (Lipinski definition) is 4. The van der Waals surface area contributed by atoms with Crippen LogP contribution in [0.25, 0.3) is 0 Å². The highest BCUT2D eigenvalue weighted by Gasteiger charge is 2.62. The number of nitrogens with zero attached hydrogens (tertiary/aromatic N) is 1. The first-order valence-electron chi connectivity index (χ1n) is 10.8. The first kappa shape index (κ1) is 17.3. The van der Waals surface area contributed by atoms with Gasteiger partial charge in [0, 0.05) is 0 Å². The van der Waals surface area contributed by atoms with Crippen LogP contribution < -0.4 is 0 Å². The fourth-order valence-corrected chi connectivity index (χ4v) is 7.31. The minimum atomic E-state index is -1.23. The van der Waals surface area contributed by atoms with E-state index in [4.69, 9.17) is 9.47 Å². The molecule has 6 fully saturated rings. The van der Waals surface area contributed by atoms with E-state index >= 15 is 0 Å². The van der Waals surface area contributed by atoms with Gasteiger partial charge in [0.05, 0.1) is 18.8 Å². The summed E-state index contributed by atoms with van der Waals surface area (Å²) in [6.07, 6.45) is 12.1. The molecule has 1 unspecified atom stereocenters. The zero-order valence-electron chi connectivity index (χ0n) is 16.0. The number of aliphatic hydroxyl groups is 1. The molecular weight excluding hydrogens is 330 g/mol. The van der Waals surface area contributed by atoms with Crippen molar-refractivity contribution in [3.8, 4) is 0 Å². The van der Waals surface area contributed by atoms with E-state index in [1.807, 2.05) is 0 Å². The van der Waals surface area contributed by atoms with Crippen LogP contribution in [0.1, 0.15) is 77.6 Å². The van der Waals surface area contributed by atoms with Crippen molar-refractivity contribution in [1.29, 1.82) is 0 Å². The fourth-order valence-electron chi connectivity index (χ4n) is 7.31. The second kappa shape index (κ2) is 5.84. The molecule has 6 rings (SSSR count). The summed E-state index contributed by atoms with van der Waals surface area (Å²) in [5, 5.41) is 11.2. The highest BCUT2D eigenvalue weighted by molar-refractivity contribution is 5.72. The SMILES string of the molecule is CC1(O)N(CCOC23CC4CC(CC(C4)C2)C3)C(=O)OC12CCCCC2. The predicted octanol–water partition coefficient (Wildman–Crippen LogP) is 3.84. The van der Waals surface area contributed by atoms with Gasteiger partial charge in [-0.15, -0.1) is 0 Å². The molecule has 0 aromatic carbocycles. The molecule has 1 N–H and O–H groups in total. The van der Waals surface area contributed by atoms with Gasteiger partial charge in [0.2, 0.25) is 0 Å². The lowest BCUT2D eigenvalue weighted by atomic mass is 9.54. The van der Waals surface area contributed by atoms with Crippen LogP contribution in [0.5, 0.6) is 0 Å². The van der Waals surface area contributed by atoms with E-state index in [1.54, 1.807) is 6.92 Å². The van der Waals surface area contributed by atoms with Crippen molar-refractivity contribution in [2.45, 2.75) is 94.5 Å². The van der Waals surface area contributed by atoms with Crippen LogP contribution in [0.15, 0.2) is 0 Å². The van der Waals surface area contributed by atoms with Crippen molar-refractivity contribution in [1.82, 2.24) is 4.90 Å². The van der Waals surface area contributed by atoms with Gasteiger partial charge in [-0.3, -0.25) is 4.90 Å². The van der Waals surface area contributed by atoms with Gasteiger partial charge >= 0.3 is 6.09 Å². The second-order valence-electron chi connectivity index (χ2n) is 10.0. The summed E-state index contributed by atoms with van der Waals surface area (Å²) in [5.41, 5.74) is -1.90.